The van der Waals surface area contributed by atoms with Gasteiger partial charge in [-0.05, 0) is 32.9 Å². The third-order valence-corrected chi connectivity index (χ3v) is 2.58. The van der Waals surface area contributed by atoms with Crippen LogP contribution >= 0.6 is 0 Å². The highest BCUT2D eigenvalue weighted by atomic mass is 19.1. The van der Waals surface area contributed by atoms with Gasteiger partial charge in [0.1, 0.15) is 17.5 Å². The number of hydrogen-bond acceptors (Lipinski definition) is 4. The topological polar surface area (TPSA) is 51.7 Å². The minimum atomic E-state index is -1.97. The van der Waals surface area contributed by atoms with Crippen molar-refractivity contribution >= 4 is 6.09 Å². The summed E-state index contributed by atoms with van der Waals surface area (Å²) in [7, 11) is 0. The maximum Gasteiger partial charge on any atom is 0.410 e. The lowest BCUT2D eigenvalue weighted by Crippen LogP contribution is -2.44. The van der Waals surface area contributed by atoms with Crippen molar-refractivity contribution in [2.75, 3.05) is 19.6 Å². The number of halogens is 1. The number of carbonyl (C=O) groups excluding carboxylic acids is 1. The Morgan fingerprint density at radius 3 is 2.95 bits per heavy atom. The van der Waals surface area contributed by atoms with Gasteiger partial charge in [-0.2, -0.15) is 0 Å². The molecule has 2 heterocycles. The van der Waals surface area contributed by atoms with E-state index in [1.165, 1.54) is 12.1 Å². The average molecular weight is 284 g/mol. The molecule has 1 aromatic heterocycles. The molecule has 0 radical (unpaired) electrons. The van der Waals surface area contributed by atoms with Crippen molar-refractivity contribution in [1.82, 2.24) is 9.88 Å². The van der Waals surface area contributed by atoms with Crippen LogP contribution in [0.5, 0.6) is 0 Å². The summed E-state index contributed by atoms with van der Waals surface area (Å²) in [4.78, 5) is 17.1. The Kier molecular flexibility index (Phi) is 3.47. The lowest BCUT2D eigenvalue weighted by atomic mass is 10.2. The van der Waals surface area contributed by atoms with E-state index in [-0.39, 0.29) is 13.2 Å². The van der Waals surface area contributed by atoms with E-state index in [0.29, 0.717) is 5.69 Å². The predicted octanol–water partition coefficient (Wildman–Crippen LogP) is 2.53. The molecule has 1 fully saturated rings. The van der Waals surface area contributed by atoms with Crippen LogP contribution in [0, 0.1) is 5.82 Å². The van der Waals surface area contributed by atoms with Crippen LogP contribution in [-0.4, -0.2) is 41.2 Å². The van der Waals surface area contributed by atoms with Crippen LogP contribution in [0.1, 0.15) is 35.3 Å². The molecule has 0 spiro atoms. The van der Waals surface area contributed by atoms with Gasteiger partial charge in [-0.3, -0.25) is 4.98 Å². The Hall–Kier alpha value is -1.69. The molecule has 1 aromatic rings. The Labute approximate surface area is 120 Å². The molecule has 0 unspecified atom stereocenters. The zero-order chi connectivity index (χ0) is 16.5. The average Bonchev–Trinajstić information content (AvgIpc) is 2.37. The minimum absolute atomic E-state index is 0.0550. The zero-order valence-corrected chi connectivity index (χ0v) is 11.7. The van der Waals surface area contributed by atoms with E-state index in [2.05, 4.69) is 4.98 Å². The maximum atomic E-state index is 12.9. The Bertz CT molecular complexity index is 546. The molecule has 0 aliphatic carbocycles. The van der Waals surface area contributed by atoms with Gasteiger partial charge in [0.2, 0.25) is 0 Å². The Balaban J connectivity index is 2.16. The normalized spacial score (nSPS) is 23.8. The number of morpholine rings is 1. The molecular formula is C14H19FN2O3. The molecular weight excluding hydrogens is 263 g/mol. The summed E-state index contributed by atoms with van der Waals surface area (Å²) < 4.78 is 39.4. The summed E-state index contributed by atoms with van der Waals surface area (Å²) in [6.45, 7) is 2.79. The van der Waals surface area contributed by atoms with Gasteiger partial charge < -0.3 is 14.4 Å². The van der Waals surface area contributed by atoms with E-state index in [0.717, 1.165) is 11.1 Å². The van der Waals surface area contributed by atoms with E-state index < -0.39 is 30.1 Å². The van der Waals surface area contributed by atoms with Gasteiger partial charge in [-0.1, -0.05) is 0 Å². The summed E-state index contributed by atoms with van der Waals surface area (Å²) in [5.41, 5.74) is -0.291. The number of carbonyl (C=O) groups is 1. The molecule has 1 aliphatic heterocycles. The largest absolute Gasteiger partial charge is 0.444 e. The molecule has 1 atom stereocenters. The first kappa shape index (κ1) is 12.1. The third-order valence-electron chi connectivity index (χ3n) is 2.58. The standard InChI is InChI=1S/C14H19FN2O3/c1-14(2,3)20-13(18)17-6-7-19-12(9-17)11-5-4-10(15)8-16-11/h4-5,8,12H,6-7,9H2,1-3H3/t12-/m1/s1/i6D2. The van der Waals surface area contributed by atoms with Crippen molar-refractivity contribution in [1.29, 1.82) is 0 Å². The first-order chi connectivity index (χ1) is 10.1. The number of rotatable bonds is 1. The first-order valence-electron chi connectivity index (χ1n) is 7.32. The van der Waals surface area contributed by atoms with Gasteiger partial charge in [0, 0.05) is 6.50 Å². The first-order valence-corrected chi connectivity index (χ1v) is 6.32. The van der Waals surface area contributed by atoms with E-state index in [9.17, 15) is 9.18 Å². The number of nitrogens with zero attached hydrogens (tertiary/aromatic N) is 2. The smallest absolute Gasteiger partial charge is 0.410 e. The van der Waals surface area contributed by atoms with Crippen LogP contribution in [0.3, 0.4) is 0 Å². The molecule has 0 bridgehead atoms. The molecule has 1 amide bonds. The lowest BCUT2D eigenvalue weighted by molar-refractivity contribution is -0.0447. The SMILES string of the molecule is [2H]C1([2H])CO[C@@H](c2ccc(F)cn2)CN1C(=O)OC(C)(C)C. The molecule has 1 saturated heterocycles. The quantitative estimate of drug-likeness (QED) is 0.795. The summed E-state index contributed by atoms with van der Waals surface area (Å²) in [5, 5.41) is 0. The molecule has 0 N–H and O–H groups in total. The molecule has 5 nitrogen and oxygen atoms in total. The fraction of sp³-hybridized carbons (Fsp3) is 0.571. The second-order valence-corrected chi connectivity index (χ2v) is 5.45. The van der Waals surface area contributed by atoms with Crippen LogP contribution in [-0.2, 0) is 9.47 Å². The van der Waals surface area contributed by atoms with Crippen LogP contribution in [0.15, 0.2) is 18.3 Å². The molecule has 0 saturated carbocycles. The van der Waals surface area contributed by atoms with Crippen molar-refractivity contribution in [3.8, 4) is 0 Å². The number of aromatic nitrogens is 1. The fourth-order valence-electron chi connectivity index (χ4n) is 1.71. The van der Waals surface area contributed by atoms with Crippen molar-refractivity contribution in [2.24, 2.45) is 0 Å². The Morgan fingerprint density at radius 2 is 2.35 bits per heavy atom. The zero-order valence-electron chi connectivity index (χ0n) is 13.7. The molecule has 1 aliphatic rings. The van der Waals surface area contributed by atoms with E-state index in [1.54, 1.807) is 20.8 Å². The summed E-state index contributed by atoms with van der Waals surface area (Å²) in [5.74, 6) is -0.473. The van der Waals surface area contributed by atoms with Gasteiger partial charge in [0.15, 0.2) is 0 Å². The van der Waals surface area contributed by atoms with Crippen molar-refractivity contribution in [3.05, 3.63) is 29.8 Å². The van der Waals surface area contributed by atoms with Crippen LogP contribution in [0.4, 0.5) is 9.18 Å². The fourth-order valence-corrected chi connectivity index (χ4v) is 1.71. The van der Waals surface area contributed by atoms with Crippen molar-refractivity contribution in [3.63, 3.8) is 0 Å². The molecule has 2 rings (SSSR count). The number of ether oxygens (including phenoxy) is 2. The van der Waals surface area contributed by atoms with Crippen molar-refractivity contribution < 1.29 is 21.4 Å². The van der Waals surface area contributed by atoms with Gasteiger partial charge in [0.25, 0.3) is 0 Å². The van der Waals surface area contributed by atoms with E-state index in [1.807, 2.05) is 0 Å². The number of hydrogen-bond donors (Lipinski definition) is 0. The molecule has 110 valence electrons. The third kappa shape index (κ3) is 3.90. The van der Waals surface area contributed by atoms with Gasteiger partial charge in [-0.15, -0.1) is 0 Å². The van der Waals surface area contributed by atoms with Crippen LogP contribution in [0.2, 0.25) is 0 Å². The lowest BCUT2D eigenvalue weighted by Gasteiger charge is -2.33. The molecule has 20 heavy (non-hydrogen) atoms. The summed E-state index contributed by atoms with van der Waals surface area (Å²) in [6, 6.07) is 2.70. The van der Waals surface area contributed by atoms with E-state index >= 15 is 0 Å². The summed E-state index contributed by atoms with van der Waals surface area (Å²) >= 11 is 0. The second-order valence-electron chi connectivity index (χ2n) is 5.45. The highest BCUT2D eigenvalue weighted by molar-refractivity contribution is 5.68. The molecule has 0 aromatic carbocycles. The highest BCUT2D eigenvalue weighted by Gasteiger charge is 2.29. The van der Waals surface area contributed by atoms with Crippen LogP contribution in [0.25, 0.3) is 0 Å². The second kappa shape index (κ2) is 5.75. The number of pyridine rings is 1. The maximum absolute atomic E-state index is 12.9. The summed E-state index contributed by atoms with van der Waals surface area (Å²) in [6.07, 6.45) is -0.329. The minimum Gasteiger partial charge on any atom is -0.444 e. The number of amides is 1. The highest BCUT2D eigenvalue weighted by Crippen LogP contribution is 2.22. The predicted molar refractivity (Wildman–Crippen MR) is 70.7 cm³/mol. The van der Waals surface area contributed by atoms with Crippen molar-refractivity contribution in [2.45, 2.75) is 32.5 Å². The molecule has 6 heteroatoms. The van der Waals surface area contributed by atoms with Gasteiger partial charge in [0.05, 0.1) is 27.8 Å². The van der Waals surface area contributed by atoms with E-state index in [4.69, 9.17) is 12.2 Å². The van der Waals surface area contributed by atoms with Crippen LogP contribution < -0.4 is 0 Å². The monoisotopic (exact) mass is 284 g/mol. The Morgan fingerprint density at radius 1 is 1.60 bits per heavy atom. The van der Waals surface area contributed by atoms with Gasteiger partial charge in [-0.25, -0.2) is 9.18 Å². The van der Waals surface area contributed by atoms with Gasteiger partial charge >= 0.3 is 6.09 Å².